The van der Waals surface area contributed by atoms with Crippen molar-refractivity contribution < 1.29 is 27.9 Å². The van der Waals surface area contributed by atoms with Crippen molar-refractivity contribution >= 4 is 5.91 Å². The normalized spacial score (nSPS) is 20.4. The van der Waals surface area contributed by atoms with Gasteiger partial charge in [-0.05, 0) is 44.4 Å². The van der Waals surface area contributed by atoms with E-state index in [2.05, 4.69) is 17.0 Å². The number of hydrogen-bond donors (Lipinski definition) is 2. The minimum atomic E-state index is -2.94. The summed E-state index contributed by atoms with van der Waals surface area (Å²) in [4.78, 5) is 13.8. The van der Waals surface area contributed by atoms with E-state index < -0.39 is 6.61 Å². The standard InChI is InChI=1S/C18H26F2N2O3/c1-13-6-3-4-10-22(13)11-5-9-21-17(23)14-7-8-15(25-18(19)20)16(12-14)24-2/h7-8,12-13,18H,3-6,9-11H2,1-2H3,(H,21,23)/p+1/t13-/m0/s1. The number of likely N-dealkylation sites (tertiary alicyclic amines) is 1. The third-order valence-electron chi connectivity index (χ3n) is 4.68. The second-order valence-electron chi connectivity index (χ2n) is 6.41. The van der Waals surface area contributed by atoms with E-state index in [0.717, 1.165) is 13.0 Å². The SMILES string of the molecule is COc1cc(C(=O)NCCC[NH+]2CCCC[C@@H]2C)ccc1OC(F)F. The number of rotatable bonds is 8. The van der Waals surface area contributed by atoms with Gasteiger partial charge in [-0.3, -0.25) is 4.79 Å². The zero-order valence-electron chi connectivity index (χ0n) is 14.8. The largest absolute Gasteiger partial charge is 0.493 e. The van der Waals surface area contributed by atoms with Gasteiger partial charge < -0.3 is 19.7 Å². The number of alkyl halides is 2. The van der Waals surface area contributed by atoms with Crippen molar-refractivity contribution in [2.75, 3.05) is 26.7 Å². The van der Waals surface area contributed by atoms with Gasteiger partial charge in [-0.2, -0.15) is 8.78 Å². The van der Waals surface area contributed by atoms with Crippen LogP contribution < -0.4 is 19.7 Å². The Morgan fingerprint density at radius 2 is 2.16 bits per heavy atom. The molecule has 2 N–H and O–H groups in total. The quantitative estimate of drug-likeness (QED) is 0.699. The van der Waals surface area contributed by atoms with E-state index in [1.54, 1.807) is 4.90 Å². The average Bonchev–Trinajstić information content (AvgIpc) is 2.59. The summed E-state index contributed by atoms with van der Waals surface area (Å²) in [5.74, 6) is -0.222. The first-order valence-electron chi connectivity index (χ1n) is 8.77. The molecule has 0 aliphatic carbocycles. The highest BCUT2D eigenvalue weighted by Gasteiger charge is 2.21. The highest BCUT2D eigenvalue weighted by atomic mass is 19.3. The van der Waals surface area contributed by atoms with Crippen LogP contribution in [0.1, 0.15) is 43.0 Å². The van der Waals surface area contributed by atoms with Crippen molar-refractivity contribution in [3.8, 4) is 11.5 Å². The summed E-state index contributed by atoms with van der Waals surface area (Å²) in [5.41, 5.74) is 0.358. The lowest BCUT2D eigenvalue weighted by molar-refractivity contribution is -0.928. The van der Waals surface area contributed by atoms with Crippen LogP contribution in [0.2, 0.25) is 0 Å². The third kappa shape index (κ3) is 5.85. The second-order valence-corrected chi connectivity index (χ2v) is 6.41. The summed E-state index contributed by atoms with van der Waals surface area (Å²) < 4.78 is 34.0. The van der Waals surface area contributed by atoms with E-state index in [9.17, 15) is 13.6 Å². The molecular weight excluding hydrogens is 330 g/mol. The zero-order valence-corrected chi connectivity index (χ0v) is 14.8. The number of piperidine rings is 1. The van der Waals surface area contributed by atoms with Crippen LogP contribution in [0, 0.1) is 0 Å². The van der Waals surface area contributed by atoms with Crippen LogP contribution in [0.15, 0.2) is 18.2 Å². The van der Waals surface area contributed by atoms with E-state index >= 15 is 0 Å². The topological polar surface area (TPSA) is 52.0 Å². The Hall–Kier alpha value is -1.89. The maximum Gasteiger partial charge on any atom is 0.387 e. The van der Waals surface area contributed by atoms with Gasteiger partial charge in [0.1, 0.15) is 0 Å². The second kappa shape index (κ2) is 9.56. The fourth-order valence-corrected chi connectivity index (χ4v) is 3.25. The van der Waals surface area contributed by atoms with Gasteiger partial charge in [0.15, 0.2) is 11.5 Å². The number of nitrogens with one attached hydrogen (secondary N) is 2. The molecule has 1 amide bonds. The number of carbonyl (C=O) groups excluding carboxylic acids is 1. The Kier molecular flexibility index (Phi) is 7.43. The summed E-state index contributed by atoms with van der Waals surface area (Å²) in [5, 5.41) is 2.87. The molecule has 1 aliphatic heterocycles. The molecule has 2 atom stereocenters. The van der Waals surface area contributed by atoms with E-state index in [-0.39, 0.29) is 17.4 Å². The minimum absolute atomic E-state index is 0.0864. The number of ether oxygens (including phenoxy) is 2. The fraction of sp³-hybridized carbons (Fsp3) is 0.611. The summed E-state index contributed by atoms with van der Waals surface area (Å²) in [6, 6.07) is 4.87. The summed E-state index contributed by atoms with van der Waals surface area (Å²) in [6.07, 6.45) is 4.77. The van der Waals surface area contributed by atoms with Crippen molar-refractivity contribution in [3.63, 3.8) is 0 Å². The van der Waals surface area contributed by atoms with Crippen molar-refractivity contribution in [2.24, 2.45) is 0 Å². The molecule has 0 bridgehead atoms. The molecule has 1 saturated heterocycles. The first-order valence-corrected chi connectivity index (χ1v) is 8.77. The van der Waals surface area contributed by atoms with Crippen LogP contribution in [0.25, 0.3) is 0 Å². The minimum Gasteiger partial charge on any atom is -0.493 e. The Morgan fingerprint density at radius 3 is 2.84 bits per heavy atom. The molecule has 5 nitrogen and oxygen atoms in total. The van der Waals surface area contributed by atoms with Crippen molar-refractivity contribution in [1.29, 1.82) is 0 Å². The van der Waals surface area contributed by atoms with Gasteiger partial charge in [0.05, 0.1) is 26.2 Å². The molecule has 0 aromatic heterocycles. The van der Waals surface area contributed by atoms with E-state index in [0.29, 0.717) is 18.2 Å². The van der Waals surface area contributed by atoms with Crippen LogP contribution in [0.4, 0.5) is 8.78 Å². The summed E-state index contributed by atoms with van der Waals surface area (Å²) in [6.45, 7) is 2.19. The first-order chi connectivity index (χ1) is 12.0. The first kappa shape index (κ1) is 19.4. The lowest BCUT2D eigenvalue weighted by Crippen LogP contribution is -3.16. The highest BCUT2D eigenvalue weighted by Crippen LogP contribution is 2.29. The average molecular weight is 357 g/mol. The molecule has 2 rings (SSSR count). The predicted molar refractivity (Wildman–Crippen MR) is 90.6 cm³/mol. The number of halogens is 2. The van der Waals surface area contributed by atoms with Gasteiger partial charge >= 0.3 is 6.61 Å². The summed E-state index contributed by atoms with van der Waals surface area (Å²) >= 11 is 0. The number of carbonyl (C=O) groups is 1. The molecule has 1 fully saturated rings. The van der Waals surface area contributed by atoms with Crippen LogP contribution in [-0.4, -0.2) is 45.3 Å². The van der Waals surface area contributed by atoms with Crippen LogP contribution in [0.3, 0.4) is 0 Å². The Balaban J connectivity index is 1.82. The maximum absolute atomic E-state index is 12.3. The summed E-state index contributed by atoms with van der Waals surface area (Å²) in [7, 11) is 1.35. The lowest BCUT2D eigenvalue weighted by atomic mass is 10.0. The van der Waals surface area contributed by atoms with Gasteiger partial charge in [0.2, 0.25) is 0 Å². The Morgan fingerprint density at radius 1 is 1.36 bits per heavy atom. The maximum atomic E-state index is 12.3. The molecule has 1 unspecified atom stereocenters. The van der Waals surface area contributed by atoms with Crippen molar-refractivity contribution in [1.82, 2.24) is 5.32 Å². The predicted octanol–water partition coefficient (Wildman–Crippen LogP) is 1.87. The van der Waals surface area contributed by atoms with Crippen LogP contribution in [-0.2, 0) is 0 Å². The number of hydrogen-bond acceptors (Lipinski definition) is 3. The smallest absolute Gasteiger partial charge is 0.387 e. The number of benzene rings is 1. The third-order valence-corrected chi connectivity index (χ3v) is 4.68. The fourth-order valence-electron chi connectivity index (χ4n) is 3.25. The van der Waals surface area contributed by atoms with E-state index in [1.165, 1.54) is 51.1 Å². The lowest BCUT2D eigenvalue weighted by Gasteiger charge is -2.30. The van der Waals surface area contributed by atoms with E-state index in [4.69, 9.17) is 4.74 Å². The molecule has 7 heteroatoms. The number of methoxy groups -OCH3 is 1. The zero-order chi connectivity index (χ0) is 18.2. The molecule has 25 heavy (non-hydrogen) atoms. The molecule has 1 aromatic carbocycles. The number of amides is 1. The molecule has 1 heterocycles. The highest BCUT2D eigenvalue weighted by molar-refractivity contribution is 5.94. The van der Waals surface area contributed by atoms with Crippen molar-refractivity contribution in [2.45, 2.75) is 45.3 Å². The molecule has 1 aliphatic rings. The molecule has 1 aromatic rings. The van der Waals surface area contributed by atoms with Crippen LogP contribution in [0.5, 0.6) is 11.5 Å². The van der Waals surface area contributed by atoms with Crippen LogP contribution >= 0.6 is 0 Å². The van der Waals surface area contributed by atoms with Gasteiger partial charge in [-0.25, -0.2) is 0 Å². The van der Waals surface area contributed by atoms with Gasteiger partial charge in [0, 0.05) is 18.5 Å². The monoisotopic (exact) mass is 357 g/mol. The Bertz CT molecular complexity index is 569. The molecular formula is C18H27F2N2O3+. The molecule has 140 valence electrons. The van der Waals surface area contributed by atoms with Crippen molar-refractivity contribution in [3.05, 3.63) is 23.8 Å². The van der Waals surface area contributed by atoms with E-state index in [1.807, 2.05) is 0 Å². The number of quaternary nitrogens is 1. The molecule has 0 radical (unpaired) electrons. The van der Waals surface area contributed by atoms with Gasteiger partial charge in [-0.1, -0.05) is 0 Å². The Labute approximate surface area is 147 Å². The molecule has 0 spiro atoms. The van der Waals surface area contributed by atoms with Gasteiger partial charge in [0.25, 0.3) is 5.91 Å². The van der Waals surface area contributed by atoms with Gasteiger partial charge in [-0.15, -0.1) is 0 Å². The molecule has 0 saturated carbocycles.